The molecule has 8 heteroatoms. The highest BCUT2D eigenvalue weighted by atomic mass is 32.2. The molecule has 0 aliphatic rings. The number of aromatic nitrogens is 2. The molecule has 0 saturated heterocycles. The van der Waals surface area contributed by atoms with E-state index >= 15 is 0 Å². The van der Waals surface area contributed by atoms with Crippen molar-refractivity contribution in [1.82, 2.24) is 9.97 Å². The van der Waals surface area contributed by atoms with Gasteiger partial charge in [-0.05, 0) is 18.4 Å². The first-order chi connectivity index (χ1) is 8.58. The number of thioether (sulfide) groups is 1. The quantitative estimate of drug-likeness (QED) is 0.401. The van der Waals surface area contributed by atoms with E-state index in [9.17, 15) is 10.1 Å². The molecule has 2 rings (SSSR count). The summed E-state index contributed by atoms with van der Waals surface area (Å²) >= 11 is 3.07. The SMILES string of the molecule is C[C@@H](Sc1ncc([N+](=O)[O-])c(N)n1)c1cccs1. The lowest BCUT2D eigenvalue weighted by Crippen LogP contribution is -2.01. The molecular weight excluding hydrogens is 272 g/mol. The Labute approximate surface area is 111 Å². The molecule has 1 atom stereocenters. The largest absolute Gasteiger partial charge is 0.378 e. The van der Waals surface area contributed by atoms with E-state index in [0.29, 0.717) is 5.16 Å². The van der Waals surface area contributed by atoms with E-state index in [1.165, 1.54) is 16.6 Å². The smallest absolute Gasteiger partial charge is 0.329 e. The first-order valence-corrected chi connectivity index (χ1v) is 6.81. The molecule has 2 aromatic rings. The summed E-state index contributed by atoms with van der Waals surface area (Å²) in [7, 11) is 0. The van der Waals surface area contributed by atoms with Crippen LogP contribution in [0, 0.1) is 10.1 Å². The average molecular weight is 282 g/mol. The van der Waals surface area contributed by atoms with Crippen molar-refractivity contribution in [3.8, 4) is 0 Å². The summed E-state index contributed by atoms with van der Waals surface area (Å²) in [6.45, 7) is 2.03. The van der Waals surface area contributed by atoms with Gasteiger partial charge in [0, 0.05) is 10.1 Å². The maximum Gasteiger partial charge on any atom is 0.329 e. The summed E-state index contributed by atoms with van der Waals surface area (Å²) in [6, 6.07) is 4.00. The van der Waals surface area contributed by atoms with Crippen LogP contribution in [0.2, 0.25) is 0 Å². The third-order valence-corrected chi connectivity index (χ3v) is 4.42. The second kappa shape index (κ2) is 5.32. The van der Waals surface area contributed by atoms with Gasteiger partial charge in [0.2, 0.25) is 5.82 Å². The molecule has 0 saturated carbocycles. The monoisotopic (exact) mass is 282 g/mol. The predicted octanol–water partition coefficient (Wildman–Crippen LogP) is 2.88. The standard InChI is InChI=1S/C10H10N4O2S2/c1-6(8-3-2-4-17-8)18-10-12-5-7(14(15)16)9(11)13-10/h2-6H,1H3,(H2,11,12,13)/t6-/m1/s1. The van der Waals surface area contributed by atoms with E-state index in [2.05, 4.69) is 9.97 Å². The van der Waals surface area contributed by atoms with Gasteiger partial charge in [-0.25, -0.2) is 4.98 Å². The summed E-state index contributed by atoms with van der Waals surface area (Å²) in [6.07, 6.45) is 1.14. The molecule has 0 aliphatic heterocycles. The van der Waals surface area contributed by atoms with Gasteiger partial charge in [-0.15, -0.1) is 11.3 Å². The zero-order valence-corrected chi connectivity index (χ0v) is 11.1. The average Bonchev–Trinajstić information content (AvgIpc) is 2.81. The van der Waals surface area contributed by atoms with Crippen LogP contribution >= 0.6 is 23.1 Å². The Kier molecular flexibility index (Phi) is 3.78. The van der Waals surface area contributed by atoms with Crippen LogP contribution in [0.3, 0.4) is 0 Å². The second-order valence-electron chi connectivity index (χ2n) is 3.46. The van der Waals surface area contributed by atoms with Gasteiger partial charge in [-0.2, -0.15) is 4.98 Å². The van der Waals surface area contributed by atoms with Crippen LogP contribution in [0.25, 0.3) is 0 Å². The highest BCUT2D eigenvalue weighted by Crippen LogP contribution is 2.35. The summed E-state index contributed by atoms with van der Waals surface area (Å²) < 4.78 is 0. The van der Waals surface area contributed by atoms with E-state index in [1.54, 1.807) is 11.3 Å². The fourth-order valence-electron chi connectivity index (χ4n) is 1.31. The highest BCUT2D eigenvalue weighted by Gasteiger charge is 2.16. The molecule has 94 valence electrons. The van der Waals surface area contributed by atoms with E-state index < -0.39 is 4.92 Å². The zero-order valence-electron chi connectivity index (χ0n) is 9.44. The summed E-state index contributed by atoms with van der Waals surface area (Å²) in [4.78, 5) is 19.1. The van der Waals surface area contributed by atoms with E-state index in [0.717, 1.165) is 6.20 Å². The van der Waals surface area contributed by atoms with Crippen molar-refractivity contribution in [1.29, 1.82) is 0 Å². The topological polar surface area (TPSA) is 94.9 Å². The van der Waals surface area contributed by atoms with Crippen LogP contribution in [-0.4, -0.2) is 14.9 Å². The van der Waals surface area contributed by atoms with Crippen molar-refractivity contribution in [3.05, 3.63) is 38.7 Å². The molecule has 0 radical (unpaired) electrons. The third-order valence-electron chi connectivity index (χ3n) is 2.20. The molecular formula is C10H10N4O2S2. The van der Waals surface area contributed by atoms with E-state index in [-0.39, 0.29) is 16.8 Å². The number of nitrogens with zero attached hydrogens (tertiary/aromatic N) is 3. The number of anilines is 1. The van der Waals surface area contributed by atoms with Gasteiger partial charge >= 0.3 is 5.69 Å². The maximum atomic E-state index is 10.6. The lowest BCUT2D eigenvalue weighted by atomic mass is 10.4. The Bertz CT molecular complexity index is 559. The zero-order chi connectivity index (χ0) is 13.1. The van der Waals surface area contributed by atoms with Gasteiger partial charge in [0.1, 0.15) is 6.20 Å². The highest BCUT2D eigenvalue weighted by molar-refractivity contribution is 7.99. The van der Waals surface area contributed by atoms with Gasteiger partial charge < -0.3 is 5.73 Å². The number of rotatable bonds is 4. The number of hydrogen-bond donors (Lipinski definition) is 1. The Balaban J connectivity index is 2.15. The van der Waals surface area contributed by atoms with Crippen LogP contribution in [0.5, 0.6) is 0 Å². The minimum Gasteiger partial charge on any atom is -0.378 e. The van der Waals surface area contributed by atoms with Crippen LogP contribution in [0.1, 0.15) is 17.1 Å². The summed E-state index contributed by atoms with van der Waals surface area (Å²) in [5.41, 5.74) is 5.25. The van der Waals surface area contributed by atoms with Crippen molar-refractivity contribution >= 4 is 34.6 Å². The molecule has 0 amide bonds. The fourth-order valence-corrected chi connectivity index (χ4v) is 3.06. The Morgan fingerprint density at radius 3 is 2.94 bits per heavy atom. The molecule has 0 aliphatic carbocycles. The Morgan fingerprint density at radius 1 is 1.61 bits per heavy atom. The van der Waals surface area contributed by atoms with Crippen molar-refractivity contribution in [2.24, 2.45) is 0 Å². The molecule has 2 heterocycles. The predicted molar refractivity (Wildman–Crippen MR) is 71.7 cm³/mol. The molecule has 0 aromatic carbocycles. The molecule has 0 fully saturated rings. The Hall–Kier alpha value is -1.67. The van der Waals surface area contributed by atoms with Crippen molar-refractivity contribution in [2.45, 2.75) is 17.3 Å². The lowest BCUT2D eigenvalue weighted by Gasteiger charge is -2.07. The molecule has 2 aromatic heterocycles. The molecule has 0 spiro atoms. The van der Waals surface area contributed by atoms with Gasteiger partial charge in [0.05, 0.1) is 4.92 Å². The number of nitrogens with two attached hydrogens (primary N) is 1. The number of nitrogen functional groups attached to an aromatic ring is 1. The third kappa shape index (κ3) is 2.77. The van der Waals surface area contributed by atoms with Gasteiger partial charge in [0.15, 0.2) is 5.16 Å². The van der Waals surface area contributed by atoms with Crippen LogP contribution in [-0.2, 0) is 0 Å². The lowest BCUT2D eigenvalue weighted by molar-refractivity contribution is -0.384. The second-order valence-corrected chi connectivity index (χ2v) is 5.74. The van der Waals surface area contributed by atoms with Gasteiger partial charge in [-0.3, -0.25) is 10.1 Å². The van der Waals surface area contributed by atoms with Crippen LogP contribution in [0.15, 0.2) is 28.9 Å². The number of hydrogen-bond acceptors (Lipinski definition) is 7. The minimum absolute atomic E-state index is 0.101. The normalized spacial score (nSPS) is 12.3. The van der Waals surface area contributed by atoms with Crippen molar-refractivity contribution in [3.63, 3.8) is 0 Å². The first-order valence-electron chi connectivity index (χ1n) is 5.05. The number of thiophene rings is 1. The minimum atomic E-state index is -0.591. The van der Waals surface area contributed by atoms with Crippen molar-refractivity contribution in [2.75, 3.05) is 5.73 Å². The van der Waals surface area contributed by atoms with Crippen molar-refractivity contribution < 1.29 is 4.92 Å². The Morgan fingerprint density at radius 2 is 2.39 bits per heavy atom. The van der Waals surface area contributed by atoms with E-state index in [4.69, 9.17) is 5.73 Å². The molecule has 6 nitrogen and oxygen atoms in total. The fraction of sp³-hybridized carbons (Fsp3) is 0.200. The number of nitro groups is 1. The molecule has 0 bridgehead atoms. The maximum absolute atomic E-state index is 10.6. The van der Waals surface area contributed by atoms with Crippen LogP contribution in [0.4, 0.5) is 11.5 Å². The summed E-state index contributed by atoms with van der Waals surface area (Å²) in [5, 5.41) is 13.2. The van der Waals surface area contributed by atoms with Gasteiger partial charge in [0.25, 0.3) is 0 Å². The summed E-state index contributed by atoms with van der Waals surface area (Å²) in [5.74, 6) is -0.101. The first kappa shape index (κ1) is 12.8. The molecule has 18 heavy (non-hydrogen) atoms. The molecule has 0 unspecified atom stereocenters. The van der Waals surface area contributed by atoms with Gasteiger partial charge in [-0.1, -0.05) is 17.8 Å². The van der Waals surface area contributed by atoms with Crippen LogP contribution < -0.4 is 5.73 Å². The molecule has 2 N–H and O–H groups in total. The van der Waals surface area contributed by atoms with E-state index in [1.807, 2.05) is 24.4 Å².